The number of nitrogens with one attached hydrogen (secondary N) is 1. The molecule has 0 bridgehead atoms. The second-order valence-corrected chi connectivity index (χ2v) is 5.32. The summed E-state index contributed by atoms with van der Waals surface area (Å²) in [6.45, 7) is 3.99. The van der Waals surface area contributed by atoms with E-state index in [0.29, 0.717) is 17.8 Å². The lowest BCUT2D eigenvalue weighted by molar-refractivity contribution is -0.385. The predicted molar refractivity (Wildman–Crippen MR) is 90.1 cm³/mol. The fraction of sp³-hybridized carbons (Fsp3) is 0.294. The van der Waals surface area contributed by atoms with Crippen LogP contribution in [0.5, 0.6) is 0 Å². The Morgan fingerprint density at radius 2 is 2.08 bits per heavy atom. The molecule has 1 N–H and O–H groups in total. The van der Waals surface area contributed by atoms with E-state index in [1.165, 1.54) is 18.3 Å². The third-order valence-electron chi connectivity index (χ3n) is 3.58. The van der Waals surface area contributed by atoms with Gasteiger partial charge in [0.2, 0.25) is 0 Å². The first-order chi connectivity index (χ1) is 11.5. The lowest BCUT2D eigenvalue weighted by Gasteiger charge is -2.17. The van der Waals surface area contributed by atoms with E-state index in [-0.39, 0.29) is 24.3 Å². The molecule has 1 heterocycles. The van der Waals surface area contributed by atoms with Crippen LogP contribution in [0.2, 0.25) is 0 Å². The number of carbonyl (C=O) groups excluding carboxylic acids is 1. The van der Waals surface area contributed by atoms with Crippen molar-refractivity contribution in [3.63, 3.8) is 0 Å². The summed E-state index contributed by atoms with van der Waals surface area (Å²) in [5.74, 6) is 0.129. The van der Waals surface area contributed by atoms with Gasteiger partial charge in [-0.3, -0.25) is 10.1 Å². The minimum absolute atomic E-state index is 0.0698. The molecule has 0 aliphatic carbocycles. The molecule has 0 fully saturated rings. The molecule has 2 aromatic rings. The van der Waals surface area contributed by atoms with E-state index in [9.17, 15) is 14.9 Å². The van der Waals surface area contributed by atoms with Gasteiger partial charge in [0.15, 0.2) is 0 Å². The number of pyridine rings is 1. The van der Waals surface area contributed by atoms with Crippen LogP contribution in [0.1, 0.15) is 29.3 Å². The summed E-state index contributed by atoms with van der Waals surface area (Å²) < 4.78 is 5.36. The molecule has 0 aliphatic heterocycles. The van der Waals surface area contributed by atoms with Crippen LogP contribution in [0.3, 0.4) is 0 Å². The Labute approximate surface area is 139 Å². The highest BCUT2D eigenvalue weighted by molar-refractivity contribution is 5.90. The van der Waals surface area contributed by atoms with E-state index in [1.54, 1.807) is 12.1 Å². The molecule has 0 spiro atoms. The smallest absolute Gasteiger partial charge is 0.338 e. The lowest BCUT2D eigenvalue weighted by Crippen LogP contribution is -2.27. The molecule has 0 saturated carbocycles. The van der Waals surface area contributed by atoms with Gasteiger partial charge in [-0.1, -0.05) is 25.1 Å². The summed E-state index contributed by atoms with van der Waals surface area (Å²) in [5.41, 5.74) is 1.33. The number of nitro groups is 1. The molecule has 0 amide bonds. The molecule has 7 heteroatoms. The molecule has 1 aromatic heterocycles. The Bertz CT molecular complexity index is 716. The number of ether oxygens (including phenoxy) is 1. The molecule has 0 radical (unpaired) electrons. The number of benzene rings is 1. The highest BCUT2D eigenvalue weighted by Gasteiger charge is 2.14. The number of anilines is 1. The van der Waals surface area contributed by atoms with Gasteiger partial charge in [-0.05, 0) is 31.0 Å². The fourth-order valence-electron chi connectivity index (χ4n) is 2.11. The van der Waals surface area contributed by atoms with Gasteiger partial charge in [-0.25, -0.2) is 9.78 Å². The van der Waals surface area contributed by atoms with E-state index < -0.39 is 4.92 Å². The summed E-state index contributed by atoms with van der Waals surface area (Å²) in [5, 5.41) is 13.7. The Kier molecular flexibility index (Phi) is 5.83. The maximum atomic E-state index is 12.1. The minimum Gasteiger partial charge on any atom is -0.460 e. The van der Waals surface area contributed by atoms with Crippen LogP contribution >= 0.6 is 0 Å². The molecular formula is C17H19N3O4. The highest BCUT2D eigenvalue weighted by Crippen LogP contribution is 2.14. The summed E-state index contributed by atoms with van der Waals surface area (Å²) in [4.78, 5) is 26.2. The topological polar surface area (TPSA) is 94.4 Å². The molecule has 0 saturated heterocycles. The van der Waals surface area contributed by atoms with Gasteiger partial charge in [0.25, 0.3) is 5.69 Å². The number of aromatic nitrogens is 1. The Morgan fingerprint density at radius 3 is 2.67 bits per heavy atom. The first-order valence-electron chi connectivity index (χ1n) is 7.61. The average Bonchev–Trinajstić information content (AvgIpc) is 2.59. The van der Waals surface area contributed by atoms with E-state index in [1.807, 2.05) is 26.0 Å². The van der Waals surface area contributed by atoms with Crippen LogP contribution in [-0.2, 0) is 4.74 Å². The maximum Gasteiger partial charge on any atom is 0.338 e. The molecule has 2 rings (SSSR count). The highest BCUT2D eigenvalue weighted by atomic mass is 16.6. The molecular weight excluding hydrogens is 310 g/mol. The van der Waals surface area contributed by atoms with Gasteiger partial charge in [0, 0.05) is 6.07 Å². The summed E-state index contributed by atoms with van der Waals surface area (Å²) in [6.07, 6.45) is 1.90. The van der Waals surface area contributed by atoms with Crippen molar-refractivity contribution in [1.29, 1.82) is 0 Å². The molecule has 7 nitrogen and oxygen atoms in total. The van der Waals surface area contributed by atoms with Gasteiger partial charge in [0.1, 0.15) is 18.6 Å². The molecule has 24 heavy (non-hydrogen) atoms. The standard InChI is InChI=1S/C17H19N3O4/c1-3-13(19-16-9-8-14(10-18-16)20(22)23)11-24-17(21)15-7-5-4-6-12(15)2/h4-10,13H,3,11H2,1-2H3,(H,18,19). The molecule has 126 valence electrons. The van der Waals surface area contributed by atoms with E-state index in [2.05, 4.69) is 10.3 Å². The zero-order valence-electron chi connectivity index (χ0n) is 13.6. The number of hydrogen-bond acceptors (Lipinski definition) is 6. The summed E-state index contributed by atoms with van der Waals surface area (Å²) >= 11 is 0. The van der Waals surface area contributed by atoms with E-state index >= 15 is 0 Å². The van der Waals surface area contributed by atoms with Crippen LogP contribution in [0.4, 0.5) is 11.5 Å². The zero-order valence-corrected chi connectivity index (χ0v) is 13.6. The number of carbonyl (C=O) groups is 1. The predicted octanol–water partition coefficient (Wildman–Crippen LogP) is 3.35. The second-order valence-electron chi connectivity index (χ2n) is 5.32. The van der Waals surface area contributed by atoms with Gasteiger partial charge >= 0.3 is 5.97 Å². The van der Waals surface area contributed by atoms with Crippen molar-refractivity contribution in [2.24, 2.45) is 0 Å². The minimum atomic E-state index is -0.502. The Morgan fingerprint density at radius 1 is 1.33 bits per heavy atom. The second kappa shape index (κ2) is 8.05. The number of hydrogen-bond donors (Lipinski definition) is 1. The van der Waals surface area contributed by atoms with Crippen molar-refractivity contribution < 1.29 is 14.5 Å². The van der Waals surface area contributed by atoms with E-state index in [0.717, 1.165) is 5.56 Å². The monoisotopic (exact) mass is 329 g/mol. The van der Waals surface area contributed by atoms with Crippen molar-refractivity contribution in [3.8, 4) is 0 Å². The molecule has 1 atom stereocenters. The third-order valence-corrected chi connectivity index (χ3v) is 3.58. The van der Waals surface area contributed by atoms with Crippen LogP contribution in [0, 0.1) is 17.0 Å². The van der Waals surface area contributed by atoms with Gasteiger partial charge < -0.3 is 10.1 Å². The van der Waals surface area contributed by atoms with Crippen molar-refractivity contribution in [1.82, 2.24) is 4.98 Å². The Hall–Kier alpha value is -2.96. The first-order valence-corrected chi connectivity index (χ1v) is 7.61. The van der Waals surface area contributed by atoms with Gasteiger partial charge in [0.05, 0.1) is 16.5 Å². The van der Waals surface area contributed by atoms with Crippen LogP contribution in [0.25, 0.3) is 0 Å². The third kappa shape index (κ3) is 4.52. The molecule has 0 aliphatic rings. The number of aryl methyl sites for hydroxylation is 1. The van der Waals surface area contributed by atoms with Crippen molar-refractivity contribution in [2.45, 2.75) is 26.3 Å². The summed E-state index contributed by atoms with van der Waals surface area (Å²) in [6, 6.07) is 10.0. The fourth-order valence-corrected chi connectivity index (χ4v) is 2.11. The van der Waals surface area contributed by atoms with Crippen molar-refractivity contribution in [2.75, 3.05) is 11.9 Å². The van der Waals surface area contributed by atoms with Crippen LogP contribution < -0.4 is 5.32 Å². The van der Waals surface area contributed by atoms with E-state index in [4.69, 9.17) is 4.74 Å². The van der Waals surface area contributed by atoms with Crippen LogP contribution in [0.15, 0.2) is 42.6 Å². The SMILES string of the molecule is CCC(COC(=O)c1ccccc1C)Nc1ccc([N+](=O)[O-])cn1. The van der Waals surface area contributed by atoms with Crippen molar-refractivity contribution >= 4 is 17.5 Å². The van der Waals surface area contributed by atoms with Crippen molar-refractivity contribution in [3.05, 3.63) is 63.8 Å². The van der Waals surface area contributed by atoms with Gasteiger partial charge in [-0.15, -0.1) is 0 Å². The largest absolute Gasteiger partial charge is 0.460 e. The molecule has 1 unspecified atom stereocenters. The lowest BCUT2D eigenvalue weighted by atomic mass is 10.1. The number of rotatable bonds is 7. The van der Waals surface area contributed by atoms with Crippen LogP contribution in [-0.4, -0.2) is 28.5 Å². The molecule has 1 aromatic carbocycles. The summed E-state index contributed by atoms with van der Waals surface area (Å²) in [7, 11) is 0. The quantitative estimate of drug-likeness (QED) is 0.475. The number of nitrogens with zero attached hydrogens (tertiary/aromatic N) is 2. The number of esters is 1. The Balaban J connectivity index is 1.93. The normalized spacial score (nSPS) is 11.6. The maximum absolute atomic E-state index is 12.1. The van der Waals surface area contributed by atoms with Gasteiger partial charge in [-0.2, -0.15) is 0 Å². The first kappa shape index (κ1) is 17.4. The zero-order chi connectivity index (χ0) is 17.5. The average molecular weight is 329 g/mol.